The maximum Gasteiger partial charge on any atom is 0.0791 e. The van der Waals surface area contributed by atoms with Crippen molar-refractivity contribution in [1.82, 2.24) is 0 Å². The lowest BCUT2D eigenvalue weighted by Gasteiger charge is -1.85. The summed E-state index contributed by atoms with van der Waals surface area (Å²) in [6.45, 7) is 2.21. The Labute approximate surface area is 118 Å². The van der Waals surface area contributed by atoms with E-state index in [4.69, 9.17) is 5.11 Å². The van der Waals surface area contributed by atoms with Gasteiger partial charge in [0, 0.05) is 0 Å². The Morgan fingerprint density at radius 2 is 1.11 bits per heavy atom. The van der Waals surface area contributed by atoms with E-state index in [1.54, 1.807) is 12.2 Å². The van der Waals surface area contributed by atoms with Crippen molar-refractivity contribution in [1.29, 1.82) is 0 Å². The Hall–Kier alpha value is -1.76. The second-order valence-electron chi connectivity index (χ2n) is 4.12. The molecule has 0 spiro atoms. The van der Waals surface area contributed by atoms with E-state index in [0.29, 0.717) is 0 Å². The fourth-order valence-electron chi connectivity index (χ4n) is 1.35. The number of allylic oxidation sites excluding steroid dienone is 11. The van der Waals surface area contributed by atoms with Crippen LogP contribution in [0.4, 0.5) is 0 Å². The van der Waals surface area contributed by atoms with Gasteiger partial charge >= 0.3 is 0 Å². The summed E-state index contributed by atoms with van der Waals surface area (Å²) in [5, 5.41) is 8.39. The highest BCUT2D eigenvalue weighted by Crippen LogP contribution is 1.96. The summed E-state index contributed by atoms with van der Waals surface area (Å²) < 4.78 is 0. The molecule has 0 aliphatic carbocycles. The number of aliphatic hydroxyl groups is 1. The third-order valence-corrected chi connectivity index (χ3v) is 2.39. The van der Waals surface area contributed by atoms with Crippen LogP contribution in [0.5, 0.6) is 0 Å². The molecule has 0 aliphatic heterocycles. The zero-order valence-corrected chi connectivity index (χ0v) is 11.9. The Kier molecular flexibility index (Phi) is 14.7. The van der Waals surface area contributed by atoms with Crippen molar-refractivity contribution < 1.29 is 5.11 Å². The normalized spacial score (nSPS) is 13.5. The van der Waals surface area contributed by atoms with Crippen LogP contribution < -0.4 is 0 Å². The van der Waals surface area contributed by atoms with Crippen molar-refractivity contribution in [2.45, 2.75) is 39.0 Å². The largest absolute Gasteiger partial charge is 0.516 e. The van der Waals surface area contributed by atoms with Crippen LogP contribution in [-0.4, -0.2) is 5.11 Å². The van der Waals surface area contributed by atoms with Gasteiger partial charge in [-0.15, -0.1) is 0 Å². The van der Waals surface area contributed by atoms with Gasteiger partial charge in [-0.2, -0.15) is 0 Å². The van der Waals surface area contributed by atoms with Crippen LogP contribution in [0.3, 0.4) is 0 Å². The molecule has 1 N–H and O–H groups in total. The van der Waals surface area contributed by atoms with Gasteiger partial charge in [0.25, 0.3) is 0 Å². The molecule has 0 amide bonds. The molecular weight excluding hydrogens is 232 g/mol. The monoisotopic (exact) mass is 258 g/mol. The van der Waals surface area contributed by atoms with Gasteiger partial charge in [0.1, 0.15) is 0 Å². The molecule has 104 valence electrons. The zero-order valence-electron chi connectivity index (χ0n) is 11.9. The Balaban J connectivity index is 3.53. The number of hydrogen-bond donors (Lipinski definition) is 1. The van der Waals surface area contributed by atoms with E-state index in [0.717, 1.165) is 19.1 Å². The summed E-state index contributed by atoms with van der Waals surface area (Å²) in [6, 6.07) is 0. The van der Waals surface area contributed by atoms with Crippen molar-refractivity contribution in [2.75, 3.05) is 0 Å². The first-order valence-corrected chi connectivity index (χ1v) is 7.02. The lowest BCUT2D eigenvalue weighted by Crippen LogP contribution is -1.65. The van der Waals surface area contributed by atoms with Crippen molar-refractivity contribution in [3.63, 3.8) is 0 Å². The maximum absolute atomic E-state index is 8.39. The summed E-state index contributed by atoms with van der Waals surface area (Å²) in [5.74, 6) is 0. The molecule has 0 aromatic carbocycles. The molecule has 0 aromatic rings. The van der Waals surface area contributed by atoms with Crippen molar-refractivity contribution in [2.24, 2.45) is 0 Å². The highest BCUT2D eigenvalue weighted by Gasteiger charge is 1.76. The predicted molar refractivity (Wildman–Crippen MR) is 86.2 cm³/mol. The van der Waals surface area contributed by atoms with Gasteiger partial charge in [0.2, 0.25) is 0 Å². The third kappa shape index (κ3) is 16.2. The SMILES string of the molecule is CCCCC=CC=CC=CCCC=CC=CC=CO. The first-order valence-electron chi connectivity index (χ1n) is 7.02. The van der Waals surface area contributed by atoms with Crippen LogP contribution in [0, 0.1) is 0 Å². The summed E-state index contributed by atoms with van der Waals surface area (Å²) in [7, 11) is 0. The minimum absolute atomic E-state index is 1.02. The molecule has 0 saturated carbocycles. The van der Waals surface area contributed by atoms with Gasteiger partial charge in [0.15, 0.2) is 0 Å². The van der Waals surface area contributed by atoms with Gasteiger partial charge in [-0.05, 0) is 25.3 Å². The molecule has 0 unspecified atom stereocenters. The molecule has 0 rings (SSSR count). The second kappa shape index (κ2) is 16.2. The molecule has 0 saturated heterocycles. The molecule has 0 bridgehead atoms. The van der Waals surface area contributed by atoms with E-state index in [9.17, 15) is 0 Å². The number of hydrogen-bond acceptors (Lipinski definition) is 1. The fraction of sp³-hybridized carbons (Fsp3) is 0.333. The first kappa shape index (κ1) is 17.2. The predicted octanol–water partition coefficient (Wildman–Crippen LogP) is 5.81. The molecule has 1 nitrogen and oxygen atoms in total. The van der Waals surface area contributed by atoms with Crippen molar-refractivity contribution >= 4 is 0 Å². The van der Waals surface area contributed by atoms with Gasteiger partial charge in [-0.1, -0.05) is 80.5 Å². The number of unbranched alkanes of at least 4 members (excludes halogenated alkanes) is 3. The molecule has 0 aromatic heterocycles. The molecule has 1 heteroatoms. The standard InChI is InChI=1S/C18H26O/c1-2-3-4-5-6-7-8-9-10-11-12-13-14-15-16-17-18-19/h5-10,13-19H,2-4,11-12H2,1H3. The van der Waals surface area contributed by atoms with Crippen LogP contribution in [-0.2, 0) is 0 Å². The van der Waals surface area contributed by atoms with Crippen molar-refractivity contribution in [3.05, 3.63) is 73.1 Å². The topological polar surface area (TPSA) is 20.2 Å². The Morgan fingerprint density at radius 1 is 0.632 bits per heavy atom. The van der Waals surface area contributed by atoms with E-state index in [2.05, 4.69) is 49.5 Å². The number of aliphatic hydroxyl groups excluding tert-OH is 1. The van der Waals surface area contributed by atoms with E-state index in [-0.39, 0.29) is 0 Å². The average molecular weight is 258 g/mol. The van der Waals surface area contributed by atoms with Gasteiger partial charge in [-0.25, -0.2) is 0 Å². The molecule has 0 atom stereocenters. The first-order chi connectivity index (χ1) is 9.41. The third-order valence-electron chi connectivity index (χ3n) is 2.39. The van der Waals surface area contributed by atoms with Gasteiger partial charge in [0.05, 0.1) is 6.26 Å². The molecule has 0 fully saturated rings. The van der Waals surface area contributed by atoms with Crippen molar-refractivity contribution in [3.8, 4) is 0 Å². The van der Waals surface area contributed by atoms with Crippen LogP contribution in [0.1, 0.15) is 39.0 Å². The van der Waals surface area contributed by atoms with Gasteiger partial charge in [-0.3, -0.25) is 0 Å². The number of rotatable bonds is 10. The van der Waals surface area contributed by atoms with Crippen LogP contribution >= 0.6 is 0 Å². The molecule has 0 heterocycles. The lowest BCUT2D eigenvalue weighted by atomic mass is 10.2. The summed E-state index contributed by atoms with van der Waals surface area (Å²) in [6.07, 6.45) is 28.9. The Morgan fingerprint density at radius 3 is 1.58 bits per heavy atom. The van der Waals surface area contributed by atoms with Crippen LogP contribution in [0.15, 0.2) is 73.1 Å². The van der Waals surface area contributed by atoms with Gasteiger partial charge < -0.3 is 5.11 Å². The Bertz CT molecular complexity index is 341. The maximum atomic E-state index is 8.39. The molecule has 0 aliphatic rings. The second-order valence-corrected chi connectivity index (χ2v) is 4.12. The van der Waals surface area contributed by atoms with E-state index in [1.165, 1.54) is 19.3 Å². The minimum Gasteiger partial charge on any atom is -0.516 e. The molecule has 19 heavy (non-hydrogen) atoms. The summed E-state index contributed by atoms with van der Waals surface area (Å²) in [5.41, 5.74) is 0. The zero-order chi connectivity index (χ0) is 14.0. The fourth-order valence-corrected chi connectivity index (χ4v) is 1.35. The van der Waals surface area contributed by atoms with E-state index < -0.39 is 0 Å². The van der Waals surface area contributed by atoms with E-state index in [1.807, 2.05) is 12.2 Å². The minimum atomic E-state index is 1.02. The summed E-state index contributed by atoms with van der Waals surface area (Å²) >= 11 is 0. The van der Waals surface area contributed by atoms with Crippen LogP contribution in [0.2, 0.25) is 0 Å². The molecule has 0 radical (unpaired) electrons. The smallest absolute Gasteiger partial charge is 0.0791 e. The highest BCUT2D eigenvalue weighted by molar-refractivity contribution is 5.12. The van der Waals surface area contributed by atoms with Crippen LogP contribution in [0.25, 0.3) is 0 Å². The lowest BCUT2D eigenvalue weighted by molar-refractivity contribution is 0.474. The highest BCUT2D eigenvalue weighted by atomic mass is 16.2. The molecular formula is C18H26O. The van der Waals surface area contributed by atoms with E-state index >= 15 is 0 Å². The average Bonchev–Trinajstić information content (AvgIpc) is 2.43. The quantitative estimate of drug-likeness (QED) is 0.298. The summed E-state index contributed by atoms with van der Waals surface area (Å²) in [4.78, 5) is 0.